The molecule has 164 valence electrons. The fraction of sp³-hybridized carbons (Fsp3) is 0.345. The number of fused-ring (bicyclic) bond motifs is 3. The standard InChI is InChI=1S/C29H31NO2/c1-30(2)29-18-24(21-12-6-3-7-13-21)27(25(19-29)22-14-8-4-9-15-22)26(20-29)32-28(31)23-16-10-5-11-17-23/h3-17,24-27H,18-20H2,1-2H3/t24-,25-,26-,27?,29?/m0/s1. The molecular formula is C29H31NO2. The van der Waals surface area contributed by atoms with Crippen molar-refractivity contribution in [1.82, 2.24) is 4.90 Å². The summed E-state index contributed by atoms with van der Waals surface area (Å²) in [6.45, 7) is 0. The number of benzene rings is 3. The Morgan fingerprint density at radius 1 is 0.750 bits per heavy atom. The summed E-state index contributed by atoms with van der Waals surface area (Å²) in [4.78, 5) is 15.5. The molecule has 0 amide bonds. The zero-order valence-corrected chi connectivity index (χ0v) is 18.9. The van der Waals surface area contributed by atoms with Crippen LogP contribution in [0.4, 0.5) is 0 Å². The van der Waals surface area contributed by atoms with E-state index in [-0.39, 0.29) is 23.5 Å². The van der Waals surface area contributed by atoms with Crippen molar-refractivity contribution in [3.8, 4) is 0 Å². The number of hydrogen-bond acceptors (Lipinski definition) is 3. The van der Waals surface area contributed by atoms with Crippen LogP contribution in [0.5, 0.6) is 0 Å². The van der Waals surface area contributed by atoms with E-state index in [0.29, 0.717) is 17.4 Å². The molecule has 0 saturated heterocycles. The van der Waals surface area contributed by atoms with E-state index < -0.39 is 0 Å². The summed E-state index contributed by atoms with van der Waals surface area (Å²) in [5.41, 5.74) is 3.33. The van der Waals surface area contributed by atoms with Gasteiger partial charge in [0.15, 0.2) is 0 Å². The Hall–Kier alpha value is -2.91. The van der Waals surface area contributed by atoms with E-state index in [1.165, 1.54) is 11.1 Å². The molecule has 3 aliphatic carbocycles. The number of carbonyl (C=O) groups is 1. The second-order valence-corrected chi connectivity index (χ2v) is 9.65. The van der Waals surface area contributed by atoms with Gasteiger partial charge in [-0.05, 0) is 62.0 Å². The number of nitrogens with zero attached hydrogens (tertiary/aromatic N) is 1. The van der Waals surface area contributed by atoms with Crippen LogP contribution >= 0.6 is 0 Å². The third-order valence-corrected chi connectivity index (χ3v) is 7.81. The summed E-state index contributed by atoms with van der Waals surface area (Å²) in [6, 6.07) is 31.0. The first-order valence-electron chi connectivity index (χ1n) is 11.6. The summed E-state index contributed by atoms with van der Waals surface area (Å²) in [6.07, 6.45) is 2.95. The molecule has 0 unspecified atom stereocenters. The van der Waals surface area contributed by atoms with Gasteiger partial charge in [0.1, 0.15) is 6.10 Å². The lowest BCUT2D eigenvalue weighted by atomic mass is 9.52. The maximum atomic E-state index is 13.1. The van der Waals surface area contributed by atoms with Gasteiger partial charge in [-0.2, -0.15) is 0 Å². The maximum Gasteiger partial charge on any atom is 0.338 e. The number of ether oxygens (including phenoxy) is 1. The molecule has 3 aromatic rings. The molecule has 0 N–H and O–H groups in total. The van der Waals surface area contributed by atoms with Crippen LogP contribution in [0.1, 0.15) is 52.6 Å². The molecular weight excluding hydrogens is 394 g/mol. The highest BCUT2D eigenvalue weighted by Crippen LogP contribution is 2.60. The van der Waals surface area contributed by atoms with E-state index in [2.05, 4.69) is 79.7 Å². The highest BCUT2D eigenvalue weighted by atomic mass is 16.5. The van der Waals surface area contributed by atoms with Gasteiger partial charge in [0.2, 0.25) is 0 Å². The summed E-state index contributed by atoms with van der Waals surface area (Å²) < 4.78 is 6.32. The van der Waals surface area contributed by atoms with Crippen LogP contribution < -0.4 is 0 Å². The van der Waals surface area contributed by atoms with Crippen LogP contribution in [-0.4, -0.2) is 36.6 Å². The largest absolute Gasteiger partial charge is 0.458 e. The average Bonchev–Trinajstić information content (AvgIpc) is 2.85. The van der Waals surface area contributed by atoms with Crippen LogP contribution in [0.15, 0.2) is 91.0 Å². The van der Waals surface area contributed by atoms with Gasteiger partial charge in [-0.1, -0.05) is 78.9 Å². The van der Waals surface area contributed by atoms with Crippen molar-refractivity contribution in [2.45, 2.75) is 42.7 Å². The van der Waals surface area contributed by atoms with Gasteiger partial charge in [-0.3, -0.25) is 0 Å². The zero-order chi connectivity index (χ0) is 22.1. The first-order valence-corrected chi connectivity index (χ1v) is 11.6. The predicted molar refractivity (Wildman–Crippen MR) is 128 cm³/mol. The lowest BCUT2D eigenvalue weighted by Crippen LogP contribution is -2.61. The third kappa shape index (κ3) is 3.75. The van der Waals surface area contributed by atoms with Crippen molar-refractivity contribution in [3.63, 3.8) is 0 Å². The minimum absolute atomic E-state index is 0.00258. The fourth-order valence-corrected chi connectivity index (χ4v) is 6.18. The van der Waals surface area contributed by atoms with Crippen molar-refractivity contribution < 1.29 is 9.53 Å². The van der Waals surface area contributed by atoms with Gasteiger partial charge in [-0.25, -0.2) is 4.79 Å². The van der Waals surface area contributed by atoms with Crippen LogP contribution in [0.25, 0.3) is 0 Å². The average molecular weight is 426 g/mol. The Kier molecular flexibility index (Phi) is 5.60. The Morgan fingerprint density at radius 3 is 1.69 bits per heavy atom. The Bertz CT molecular complexity index is 999. The summed E-state index contributed by atoms with van der Waals surface area (Å²) in [5.74, 6) is 0.740. The van der Waals surface area contributed by atoms with E-state index in [9.17, 15) is 4.79 Å². The van der Waals surface area contributed by atoms with Gasteiger partial charge in [-0.15, -0.1) is 0 Å². The van der Waals surface area contributed by atoms with E-state index in [1.807, 2.05) is 30.3 Å². The topological polar surface area (TPSA) is 29.5 Å². The van der Waals surface area contributed by atoms with E-state index in [4.69, 9.17) is 4.74 Å². The molecule has 2 bridgehead atoms. The maximum absolute atomic E-state index is 13.1. The molecule has 0 spiro atoms. The molecule has 3 fully saturated rings. The monoisotopic (exact) mass is 425 g/mol. The molecule has 3 saturated carbocycles. The Balaban J connectivity index is 1.57. The molecule has 32 heavy (non-hydrogen) atoms. The van der Waals surface area contributed by atoms with Crippen LogP contribution in [0.2, 0.25) is 0 Å². The molecule has 6 rings (SSSR count). The quantitative estimate of drug-likeness (QED) is 0.477. The smallest absolute Gasteiger partial charge is 0.338 e. The molecule has 3 aromatic carbocycles. The van der Waals surface area contributed by atoms with Gasteiger partial charge in [0.25, 0.3) is 0 Å². The zero-order valence-electron chi connectivity index (χ0n) is 18.9. The normalized spacial score (nSPS) is 29.1. The van der Waals surface area contributed by atoms with Crippen molar-refractivity contribution in [1.29, 1.82) is 0 Å². The van der Waals surface area contributed by atoms with Crippen molar-refractivity contribution in [2.24, 2.45) is 5.92 Å². The van der Waals surface area contributed by atoms with Crippen molar-refractivity contribution >= 4 is 5.97 Å². The summed E-state index contributed by atoms with van der Waals surface area (Å²) in [7, 11) is 4.37. The SMILES string of the molecule is CN(C)C12C[C@H](OC(=O)c3ccccc3)C([C@H](c3ccccc3)C1)[C@H](c1ccccc1)C2. The molecule has 3 heteroatoms. The molecule has 3 aliphatic rings. The number of rotatable bonds is 5. The Morgan fingerprint density at radius 2 is 1.22 bits per heavy atom. The molecule has 0 heterocycles. The highest BCUT2D eigenvalue weighted by molar-refractivity contribution is 5.89. The first-order chi connectivity index (χ1) is 15.6. The van der Waals surface area contributed by atoms with Crippen molar-refractivity contribution in [2.75, 3.05) is 14.1 Å². The first kappa shape index (κ1) is 21.0. The van der Waals surface area contributed by atoms with Crippen molar-refractivity contribution in [3.05, 3.63) is 108 Å². The molecule has 3 atom stereocenters. The Labute approximate surface area is 191 Å². The van der Waals surface area contributed by atoms with E-state index >= 15 is 0 Å². The summed E-state index contributed by atoms with van der Waals surface area (Å²) >= 11 is 0. The molecule has 0 aromatic heterocycles. The molecule has 3 nitrogen and oxygen atoms in total. The minimum Gasteiger partial charge on any atom is -0.458 e. The third-order valence-electron chi connectivity index (χ3n) is 7.81. The minimum atomic E-state index is -0.212. The highest BCUT2D eigenvalue weighted by Gasteiger charge is 2.58. The lowest BCUT2D eigenvalue weighted by Gasteiger charge is -2.60. The lowest BCUT2D eigenvalue weighted by molar-refractivity contribution is -0.0986. The second-order valence-electron chi connectivity index (χ2n) is 9.65. The van der Waals surface area contributed by atoms with E-state index in [1.54, 1.807) is 0 Å². The number of carbonyl (C=O) groups excluding carboxylic acids is 1. The summed E-state index contributed by atoms with van der Waals surface area (Å²) in [5, 5.41) is 0. The molecule has 0 radical (unpaired) electrons. The number of esters is 1. The van der Waals surface area contributed by atoms with Gasteiger partial charge >= 0.3 is 5.97 Å². The van der Waals surface area contributed by atoms with Crippen LogP contribution in [-0.2, 0) is 4.74 Å². The van der Waals surface area contributed by atoms with Gasteiger partial charge in [0, 0.05) is 17.9 Å². The van der Waals surface area contributed by atoms with Crippen LogP contribution in [0, 0.1) is 5.92 Å². The van der Waals surface area contributed by atoms with Gasteiger partial charge < -0.3 is 9.64 Å². The van der Waals surface area contributed by atoms with E-state index in [0.717, 1.165) is 19.3 Å². The predicted octanol–water partition coefficient (Wildman–Crippen LogP) is 5.89. The van der Waals surface area contributed by atoms with Crippen LogP contribution in [0.3, 0.4) is 0 Å². The molecule has 0 aliphatic heterocycles. The number of hydrogen-bond donors (Lipinski definition) is 0. The van der Waals surface area contributed by atoms with Gasteiger partial charge in [0.05, 0.1) is 5.56 Å². The fourth-order valence-electron chi connectivity index (χ4n) is 6.18. The second kappa shape index (κ2) is 8.55.